The Morgan fingerprint density at radius 1 is 1.50 bits per heavy atom. The Labute approximate surface area is 74.9 Å². The molecule has 2 aliphatic rings. The first-order valence-electron chi connectivity index (χ1n) is 5.04. The molecular weight excluding hydrogens is 150 g/mol. The van der Waals surface area contributed by atoms with Crippen molar-refractivity contribution < 1.29 is 4.74 Å². The molecule has 1 saturated heterocycles. The average molecular weight is 169 g/mol. The zero-order valence-corrected chi connectivity index (χ0v) is 8.18. The van der Waals surface area contributed by atoms with E-state index in [2.05, 4.69) is 18.9 Å². The van der Waals surface area contributed by atoms with Gasteiger partial charge in [0.15, 0.2) is 0 Å². The SMILES string of the molecule is CCOC1CC2(CCN(C)C2)C1. The second-order valence-electron chi connectivity index (χ2n) is 4.47. The van der Waals surface area contributed by atoms with Crippen molar-refractivity contribution in [3.05, 3.63) is 0 Å². The molecule has 70 valence electrons. The molecular formula is C10H19NO. The first-order chi connectivity index (χ1) is 5.74. The monoisotopic (exact) mass is 169 g/mol. The van der Waals surface area contributed by atoms with E-state index in [4.69, 9.17) is 4.74 Å². The molecule has 1 saturated carbocycles. The lowest BCUT2D eigenvalue weighted by molar-refractivity contribution is -0.0709. The van der Waals surface area contributed by atoms with E-state index in [9.17, 15) is 0 Å². The van der Waals surface area contributed by atoms with Gasteiger partial charge in [-0.25, -0.2) is 0 Å². The van der Waals surface area contributed by atoms with E-state index in [1.54, 1.807) is 0 Å². The van der Waals surface area contributed by atoms with Gasteiger partial charge in [-0.1, -0.05) is 0 Å². The number of hydrogen-bond acceptors (Lipinski definition) is 2. The van der Waals surface area contributed by atoms with Crippen molar-refractivity contribution in [2.24, 2.45) is 5.41 Å². The Kier molecular flexibility index (Phi) is 2.13. The largest absolute Gasteiger partial charge is 0.378 e. The number of likely N-dealkylation sites (tertiary alicyclic amines) is 1. The van der Waals surface area contributed by atoms with Crippen LogP contribution in [0.25, 0.3) is 0 Å². The lowest BCUT2D eigenvalue weighted by atomic mass is 9.66. The predicted octanol–water partition coefficient (Wildman–Crippen LogP) is 1.51. The van der Waals surface area contributed by atoms with E-state index < -0.39 is 0 Å². The van der Waals surface area contributed by atoms with Gasteiger partial charge in [0.25, 0.3) is 0 Å². The molecule has 0 aromatic rings. The standard InChI is InChI=1S/C10H19NO/c1-3-12-9-6-10(7-9)4-5-11(2)8-10/h9H,3-8H2,1-2H3. The Morgan fingerprint density at radius 2 is 2.25 bits per heavy atom. The molecule has 1 aliphatic carbocycles. The van der Waals surface area contributed by atoms with Crippen LogP contribution in [0.5, 0.6) is 0 Å². The van der Waals surface area contributed by atoms with Crippen LogP contribution in [0, 0.1) is 5.41 Å². The van der Waals surface area contributed by atoms with Crippen LogP contribution in [0.15, 0.2) is 0 Å². The van der Waals surface area contributed by atoms with Crippen LogP contribution in [0.1, 0.15) is 26.2 Å². The van der Waals surface area contributed by atoms with Gasteiger partial charge in [-0.3, -0.25) is 0 Å². The second kappa shape index (κ2) is 3.00. The molecule has 1 spiro atoms. The summed E-state index contributed by atoms with van der Waals surface area (Å²) in [6.45, 7) is 5.57. The molecule has 0 amide bonds. The van der Waals surface area contributed by atoms with Gasteiger partial charge in [0.1, 0.15) is 0 Å². The highest BCUT2D eigenvalue weighted by molar-refractivity contribution is 5.00. The van der Waals surface area contributed by atoms with Crippen molar-refractivity contribution in [1.82, 2.24) is 4.90 Å². The molecule has 0 aromatic heterocycles. The summed E-state index contributed by atoms with van der Waals surface area (Å²) in [6, 6.07) is 0. The third-order valence-electron chi connectivity index (χ3n) is 3.35. The molecule has 12 heavy (non-hydrogen) atoms. The fourth-order valence-electron chi connectivity index (χ4n) is 2.75. The smallest absolute Gasteiger partial charge is 0.0586 e. The lowest BCUT2D eigenvalue weighted by Crippen LogP contribution is -2.43. The molecule has 2 rings (SSSR count). The van der Waals surface area contributed by atoms with Gasteiger partial charge < -0.3 is 9.64 Å². The first-order valence-corrected chi connectivity index (χ1v) is 5.04. The molecule has 1 aliphatic heterocycles. The summed E-state index contributed by atoms with van der Waals surface area (Å²) >= 11 is 0. The number of hydrogen-bond donors (Lipinski definition) is 0. The van der Waals surface area contributed by atoms with Crippen molar-refractivity contribution in [2.75, 3.05) is 26.7 Å². The van der Waals surface area contributed by atoms with Gasteiger partial charge >= 0.3 is 0 Å². The van der Waals surface area contributed by atoms with Gasteiger partial charge in [-0.05, 0) is 45.2 Å². The van der Waals surface area contributed by atoms with Gasteiger partial charge in [-0.2, -0.15) is 0 Å². The molecule has 0 unspecified atom stereocenters. The highest BCUT2D eigenvalue weighted by Gasteiger charge is 2.47. The second-order valence-corrected chi connectivity index (χ2v) is 4.47. The van der Waals surface area contributed by atoms with Crippen molar-refractivity contribution in [3.8, 4) is 0 Å². The maximum absolute atomic E-state index is 5.58. The van der Waals surface area contributed by atoms with Crippen LogP contribution in [-0.2, 0) is 4.74 Å². The van der Waals surface area contributed by atoms with Crippen LogP contribution < -0.4 is 0 Å². The van der Waals surface area contributed by atoms with Crippen molar-refractivity contribution >= 4 is 0 Å². The van der Waals surface area contributed by atoms with E-state index in [1.807, 2.05) is 0 Å². The third kappa shape index (κ3) is 1.38. The molecule has 2 heteroatoms. The van der Waals surface area contributed by atoms with Crippen LogP contribution >= 0.6 is 0 Å². The zero-order chi connectivity index (χ0) is 8.60. The Morgan fingerprint density at radius 3 is 2.75 bits per heavy atom. The topological polar surface area (TPSA) is 12.5 Å². The van der Waals surface area contributed by atoms with Gasteiger partial charge in [0.2, 0.25) is 0 Å². The Balaban J connectivity index is 1.79. The van der Waals surface area contributed by atoms with Crippen LogP contribution in [0.2, 0.25) is 0 Å². The van der Waals surface area contributed by atoms with Gasteiger partial charge in [-0.15, -0.1) is 0 Å². The maximum Gasteiger partial charge on any atom is 0.0586 e. The highest BCUT2D eigenvalue weighted by Crippen LogP contribution is 2.48. The molecule has 2 fully saturated rings. The van der Waals surface area contributed by atoms with Crippen molar-refractivity contribution in [3.63, 3.8) is 0 Å². The summed E-state index contributed by atoms with van der Waals surface area (Å²) in [7, 11) is 2.22. The minimum absolute atomic E-state index is 0.585. The summed E-state index contributed by atoms with van der Waals surface area (Å²) in [5.41, 5.74) is 0.661. The van der Waals surface area contributed by atoms with E-state index in [1.165, 1.54) is 32.4 Å². The number of ether oxygens (including phenoxy) is 1. The van der Waals surface area contributed by atoms with Gasteiger partial charge in [0, 0.05) is 13.2 Å². The highest BCUT2D eigenvalue weighted by atomic mass is 16.5. The summed E-state index contributed by atoms with van der Waals surface area (Å²) in [6.07, 6.45) is 4.60. The maximum atomic E-state index is 5.58. The molecule has 1 heterocycles. The summed E-state index contributed by atoms with van der Waals surface area (Å²) < 4.78 is 5.58. The lowest BCUT2D eigenvalue weighted by Gasteiger charge is -2.44. The van der Waals surface area contributed by atoms with Crippen LogP contribution in [-0.4, -0.2) is 37.7 Å². The minimum Gasteiger partial charge on any atom is -0.378 e. The number of rotatable bonds is 2. The quantitative estimate of drug-likeness (QED) is 0.621. The molecule has 0 radical (unpaired) electrons. The first kappa shape index (κ1) is 8.52. The molecule has 2 nitrogen and oxygen atoms in total. The summed E-state index contributed by atoms with van der Waals surface area (Å²) in [5, 5.41) is 0. The fraction of sp³-hybridized carbons (Fsp3) is 1.00. The molecule has 0 atom stereocenters. The van der Waals surface area contributed by atoms with Crippen LogP contribution in [0.3, 0.4) is 0 Å². The Bertz CT molecular complexity index is 163. The van der Waals surface area contributed by atoms with E-state index in [0.717, 1.165) is 6.61 Å². The summed E-state index contributed by atoms with van der Waals surface area (Å²) in [4.78, 5) is 2.45. The van der Waals surface area contributed by atoms with Crippen LogP contribution in [0.4, 0.5) is 0 Å². The third-order valence-corrected chi connectivity index (χ3v) is 3.35. The average Bonchev–Trinajstić information content (AvgIpc) is 2.31. The number of nitrogens with zero attached hydrogens (tertiary/aromatic N) is 1. The predicted molar refractivity (Wildman–Crippen MR) is 49.2 cm³/mol. The van der Waals surface area contributed by atoms with E-state index in [-0.39, 0.29) is 0 Å². The van der Waals surface area contributed by atoms with E-state index >= 15 is 0 Å². The molecule has 0 N–H and O–H groups in total. The summed E-state index contributed by atoms with van der Waals surface area (Å²) in [5.74, 6) is 0. The zero-order valence-electron chi connectivity index (χ0n) is 8.18. The van der Waals surface area contributed by atoms with E-state index in [0.29, 0.717) is 11.5 Å². The Hall–Kier alpha value is -0.0800. The van der Waals surface area contributed by atoms with Crippen molar-refractivity contribution in [2.45, 2.75) is 32.3 Å². The molecule has 0 bridgehead atoms. The minimum atomic E-state index is 0.585. The van der Waals surface area contributed by atoms with Crippen molar-refractivity contribution in [1.29, 1.82) is 0 Å². The normalized spacial score (nSPS) is 42.0. The fourth-order valence-corrected chi connectivity index (χ4v) is 2.75. The van der Waals surface area contributed by atoms with Gasteiger partial charge in [0.05, 0.1) is 6.10 Å². The molecule has 0 aromatic carbocycles.